The summed E-state index contributed by atoms with van der Waals surface area (Å²) >= 11 is 0. The Hall–Kier alpha value is -6.79. The first-order valence-electron chi connectivity index (χ1n) is 36.6. The highest BCUT2D eigenvalue weighted by atomic mass is 16.7. The quantitative estimate of drug-likeness (QED) is 0.0631. The lowest BCUT2D eigenvalue weighted by Crippen LogP contribution is -2.66. The molecule has 25 heteroatoms. The predicted molar refractivity (Wildman–Crippen MR) is 384 cm³/mol. The van der Waals surface area contributed by atoms with Gasteiger partial charge in [0.1, 0.15) is 24.7 Å². The Bertz CT molecular complexity index is 3160. The number of carbonyl (C=O) groups is 5. The van der Waals surface area contributed by atoms with Crippen molar-refractivity contribution in [3.8, 4) is 11.1 Å². The van der Waals surface area contributed by atoms with Crippen LogP contribution in [0.5, 0.6) is 0 Å². The zero-order chi connectivity index (χ0) is 74.6. The number of ether oxygens (including phenoxy) is 5. The van der Waals surface area contributed by atoms with E-state index in [2.05, 4.69) is 34.9 Å². The van der Waals surface area contributed by atoms with Gasteiger partial charge in [0.05, 0.1) is 79.6 Å². The smallest absolute Gasteiger partial charge is 0.407 e. The summed E-state index contributed by atoms with van der Waals surface area (Å²) in [6, 6.07) is 15.4. The normalized spacial score (nSPS) is 34.4. The fraction of sp³-hybridized carbons (Fsp3) is 0.603. The monoisotopic (exact) mass is 1440 g/mol. The number of hydrogen-bond acceptors (Lipinski definition) is 21. The number of cyclic esters (lactones) is 1. The molecule has 5 aliphatic rings. The number of carboxylic acids is 1. The van der Waals surface area contributed by atoms with Gasteiger partial charge in [-0.05, 0) is 81.0 Å². The van der Waals surface area contributed by atoms with Gasteiger partial charge in [0.25, 0.3) is 0 Å². The van der Waals surface area contributed by atoms with E-state index in [-0.39, 0.29) is 55.9 Å². The minimum atomic E-state index is -2.39. The number of aliphatic carboxylic acids is 1. The molecule has 3 fully saturated rings. The van der Waals surface area contributed by atoms with Crippen LogP contribution < -0.4 is 10.6 Å². The fourth-order valence-electron chi connectivity index (χ4n) is 14.1. The summed E-state index contributed by atoms with van der Waals surface area (Å²) in [6.45, 7) is 9.18. The Kier molecular flexibility index (Phi) is 34.3. The molecule has 25 nitrogen and oxygen atoms in total. The summed E-state index contributed by atoms with van der Waals surface area (Å²) in [6.07, 6.45) is 7.17. The van der Waals surface area contributed by atoms with E-state index in [4.69, 9.17) is 23.7 Å². The van der Waals surface area contributed by atoms with Crippen LogP contribution in [0.3, 0.4) is 0 Å². The first kappa shape index (κ1) is 83.5. The highest BCUT2D eigenvalue weighted by Gasteiger charge is 2.52. The highest BCUT2D eigenvalue weighted by Crippen LogP contribution is 2.45. The number of nitrogens with one attached hydrogen (secondary N) is 2. The van der Waals surface area contributed by atoms with E-state index < -0.39 is 153 Å². The molecule has 4 aliphatic heterocycles. The van der Waals surface area contributed by atoms with Gasteiger partial charge in [-0.3, -0.25) is 24.1 Å². The van der Waals surface area contributed by atoms with E-state index in [1.165, 1.54) is 0 Å². The standard InChI is InChI=1S/C78H112N4O21/c1-50-27-17-13-11-9-7-5-6-8-10-12-14-18-28-57(46-66-70(75(95)96)65(88)48-78(98,103-66)47-56(85)44-64(87)63(86)36-35-54(83)43-55(84)45-69(91)100-52(3)51(2)72(50)92)102-76-74(94)71(73(93)53(4)101-76)82-41-39-81(40-42-82)68(90)34-20-16-25-37-79-67(89)33-19-15-26-38-80-77(97)99-49-62-60-31-23-21-29-58(60)59-30-22-24-32-61(59)62/h5-14,17-18,21-24,27-32,50-57,62-66,70-74,76,83-88,92-94,98H,15-16,19-20,25-26,33-49H2,1-4H3,(H,79,89)(H,80,97)(H,95,96)/b6-5+,9-7+,10-8+,13-11+,14-12+,27-17+,28-18+/t50-,51-,52-,53+,54+,55+,56-,57-,63+,64+,65-,66-,70+,71-,72+,73+,74-,76-,78+/m0/s1. The van der Waals surface area contributed by atoms with Gasteiger partial charge in [0.15, 0.2) is 12.1 Å². The van der Waals surface area contributed by atoms with Gasteiger partial charge in [-0.2, -0.15) is 0 Å². The molecule has 13 N–H and O–H groups in total. The minimum absolute atomic E-state index is 0.0198. The van der Waals surface area contributed by atoms with Crippen LogP contribution in [0.4, 0.5) is 4.79 Å². The molecule has 0 spiro atoms. The van der Waals surface area contributed by atoms with Crippen LogP contribution in [0.25, 0.3) is 11.1 Å². The van der Waals surface area contributed by atoms with Crippen molar-refractivity contribution in [1.82, 2.24) is 20.4 Å². The predicted octanol–water partition coefficient (Wildman–Crippen LogP) is 5.67. The summed E-state index contributed by atoms with van der Waals surface area (Å²) < 4.78 is 29.8. The molecule has 2 bridgehead atoms. The number of aliphatic hydroxyl groups excluding tert-OH is 9. The van der Waals surface area contributed by atoms with Crippen LogP contribution >= 0.6 is 0 Å². The SMILES string of the molecule is C[C@@H]1[C@H](O)[C@@H](C)/C=C/C=C/C=C/C=C/C=C/C=C/C=C/[C@H](O[C@@H]2O[C@H](C)[C@@H](O)[C@H](N3CCN(C(=O)CCCCCNC(=O)CCCCCNC(=O)OCC4c5ccccc5-c5ccccc54)CC3)[C@@H]2O)C[C@@H]2O[C@](O)(C[C@@H](O)C[C@@H](O)[C@H](O)CC[C@@H](O)C[C@@H](O)CC(=O)O[C@H]1C)C[C@H](O)[C@H]2C(=O)O. The maximum atomic E-state index is 13.5. The zero-order valence-electron chi connectivity index (χ0n) is 59.8. The molecule has 2 aromatic carbocycles. The molecule has 3 amide bonds. The van der Waals surface area contributed by atoms with Crippen molar-refractivity contribution in [3.05, 3.63) is 145 Å². The molecule has 1 aliphatic carbocycles. The second-order valence-electron chi connectivity index (χ2n) is 28.1. The maximum absolute atomic E-state index is 13.5. The highest BCUT2D eigenvalue weighted by molar-refractivity contribution is 5.79. The van der Waals surface area contributed by atoms with Crippen LogP contribution in [0.2, 0.25) is 0 Å². The van der Waals surface area contributed by atoms with Crippen LogP contribution in [-0.2, 0) is 42.9 Å². The topological polar surface area (TPSA) is 385 Å². The molecule has 2 aromatic rings. The third-order valence-corrected chi connectivity index (χ3v) is 20.1. The van der Waals surface area contributed by atoms with Crippen LogP contribution in [0.1, 0.15) is 147 Å². The third-order valence-electron chi connectivity index (χ3n) is 20.1. The van der Waals surface area contributed by atoms with Gasteiger partial charge in [0.2, 0.25) is 11.8 Å². The Balaban J connectivity index is 0.893. The number of carbonyl (C=O) groups excluding carboxylic acids is 4. The molecular weight excluding hydrogens is 1330 g/mol. The lowest BCUT2D eigenvalue weighted by Gasteiger charge is -2.49. The van der Waals surface area contributed by atoms with Crippen molar-refractivity contribution in [2.75, 3.05) is 45.9 Å². The van der Waals surface area contributed by atoms with Crippen molar-refractivity contribution < 1.29 is 104 Å². The van der Waals surface area contributed by atoms with Crippen LogP contribution in [0.15, 0.2) is 134 Å². The van der Waals surface area contributed by atoms with Gasteiger partial charge < -0.3 is 95.4 Å². The van der Waals surface area contributed by atoms with E-state index in [9.17, 15) is 80.1 Å². The van der Waals surface area contributed by atoms with E-state index in [0.717, 1.165) is 35.1 Å². The first-order chi connectivity index (χ1) is 49.3. The number of amides is 3. The number of alkyl carbamates (subject to hydrolysis) is 1. The number of allylic oxidation sites excluding steroid dienone is 12. The molecule has 3 saturated heterocycles. The number of rotatable bonds is 18. The summed E-state index contributed by atoms with van der Waals surface area (Å²) in [4.78, 5) is 67.9. The van der Waals surface area contributed by atoms with Crippen molar-refractivity contribution in [1.29, 1.82) is 0 Å². The Morgan fingerprint density at radius 3 is 1.80 bits per heavy atom. The molecule has 0 saturated carbocycles. The molecule has 0 unspecified atom stereocenters. The summed E-state index contributed by atoms with van der Waals surface area (Å²) in [7, 11) is 0. The lowest BCUT2D eigenvalue weighted by molar-refractivity contribution is -0.312. The number of nitrogens with zero attached hydrogens (tertiary/aromatic N) is 2. The van der Waals surface area contributed by atoms with Gasteiger partial charge >= 0.3 is 18.0 Å². The molecule has 7 rings (SSSR count). The molecule has 4 heterocycles. The van der Waals surface area contributed by atoms with Crippen molar-refractivity contribution in [3.63, 3.8) is 0 Å². The average Bonchev–Trinajstić information content (AvgIpc) is 1.73. The minimum Gasteiger partial charge on any atom is -0.481 e. The van der Waals surface area contributed by atoms with E-state index in [1.54, 1.807) is 92.5 Å². The average molecular weight is 1440 g/mol. The van der Waals surface area contributed by atoms with Crippen LogP contribution in [0, 0.1) is 17.8 Å². The number of unbranched alkanes of at least 4 members (excludes halogenated alkanes) is 4. The number of benzene rings is 2. The number of fused-ring (bicyclic) bond motifs is 5. The Morgan fingerprint density at radius 2 is 1.17 bits per heavy atom. The number of aliphatic hydroxyl groups is 10. The Morgan fingerprint density at radius 1 is 0.592 bits per heavy atom. The zero-order valence-corrected chi connectivity index (χ0v) is 59.8. The molecule has 570 valence electrons. The number of carboxylic acid groups (broad SMARTS) is 1. The Labute approximate surface area is 604 Å². The third kappa shape index (κ3) is 26.3. The summed E-state index contributed by atoms with van der Waals surface area (Å²) in [5.74, 6) is -7.15. The second-order valence-corrected chi connectivity index (χ2v) is 28.1. The molecule has 0 aromatic heterocycles. The van der Waals surface area contributed by atoms with Crippen LogP contribution in [-0.4, -0.2) is 239 Å². The number of hydrogen-bond donors (Lipinski definition) is 13. The van der Waals surface area contributed by atoms with Crippen molar-refractivity contribution in [2.45, 2.75) is 234 Å². The first-order valence-corrected chi connectivity index (χ1v) is 36.6. The van der Waals surface area contributed by atoms with E-state index in [0.29, 0.717) is 77.8 Å². The van der Waals surface area contributed by atoms with Gasteiger partial charge in [-0.15, -0.1) is 0 Å². The summed E-state index contributed by atoms with van der Waals surface area (Å²) in [5.41, 5.74) is 4.62. The number of piperazine rings is 1. The van der Waals surface area contributed by atoms with Gasteiger partial charge in [-0.25, -0.2) is 4.79 Å². The molecule has 103 heavy (non-hydrogen) atoms. The molecule has 19 atom stereocenters. The second kappa shape index (κ2) is 42.4. The maximum Gasteiger partial charge on any atom is 0.407 e. The lowest BCUT2D eigenvalue weighted by atomic mass is 9.82. The van der Waals surface area contributed by atoms with Gasteiger partial charge in [0, 0.05) is 95.5 Å². The van der Waals surface area contributed by atoms with Crippen molar-refractivity contribution in [2.24, 2.45) is 17.8 Å². The summed E-state index contributed by atoms with van der Waals surface area (Å²) in [5, 5.41) is 129. The molecule has 0 radical (unpaired) electrons. The fourth-order valence-corrected chi connectivity index (χ4v) is 14.1. The largest absolute Gasteiger partial charge is 0.481 e. The molecular formula is C78H112N4O21. The van der Waals surface area contributed by atoms with Crippen molar-refractivity contribution >= 4 is 29.8 Å². The van der Waals surface area contributed by atoms with Gasteiger partial charge in [-0.1, -0.05) is 160 Å². The van der Waals surface area contributed by atoms with E-state index in [1.807, 2.05) is 54.3 Å². The number of esters is 1. The van der Waals surface area contributed by atoms with E-state index >= 15 is 0 Å².